The van der Waals surface area contributed by atoms with Crippen molar-refractivity contribution in [1.82, 2.24) is 9.80 Å². The molecule has 2 aliphatic rings. The molecule has 2 aromatic rings. The van der Waals surface area contributed by atoms with E-state index in [1.165, 1.54) is 16.7 Å². The molecule has 31 heavy (non-hydrogen) atoms. The maximum Gasteiger partial charge on any atom is 0.241 e. The van der Waals surface area contributed by atoms with Gasteiger partial charge in [0.05, 0.1) is 12.6 Å². The van der Waals surface area contributed by atoms with Crippen molar-refractivity contribution in [3.05, 3.63) is 59.2 Å². The van der Waals surface area contributed by atoms with E-state index in [1.807, 2.05) is 25.1 Å². The Morgan fingerprint density at radius 3 is 2.65 bits per heavy atom. The maximum atomic E-state index is 13.0. The molecule has 0 unspecified atom stereocenters. The third-order valence-corrected chi connectivity index (χ3v) is 6.86. The van der Waals surface area contributed by atoms with Gasteiger partial charge in [-0.2, -0.15) is 0 Å². The average Bonchev–Trinajstić information content (AvgIpc) is 3.27. The topological polar surface area (TPSA) is 44.8 Å². The summed E-state index contributed by atoms with van der Waals surface area (Å²) in [7, 11) is 0. The van der Waals surface area contributed by atoms with Crippen LogP contribution in [0.3, 0.4) is 0 Å². The molecule has 2 aliphatic heterocycles. The highest BCUT2D eigenvalue weighted by Crippen LogP contribution is 2.28. The number of fused-ring (bicyclic) bond motifs is 1. The van der Waals surface area contributed by atoms with E-state index in [4.69, 9.17) is 4.74 Å². The number of piperazine rings is 1. The highest BCUT2D eigenvalue weighted by molar-refractivity contribution is 5.95. The van der Waals surface area contributed by atoms with Crippen molar-refractivity contribution in [3.63, 3.8) is 0 Å². The summed E-state index contributed by atoms with van der Waals surface area (Å²) in [5.74, 6) is 1.56. The number of anilines is 1. The molecule has 2 atom stereocenters. The first-order valence-electron chi connectivity index (χ1n) is 11.7. The summed E-state index contributed by atoms with van der Waals surface area (Å²) in [6, 6.07) is 14.6. The Kier molecular flexibility index (Phi) is 6.93. The minimum Gasteiger partial charge on any atom is -0.493 e. The number of ether oxygens (including phenoxy) is 1. The van der Waals surface area contributed by atoms with Gasteiger partial charge in [-0.1, -0.05) is 44.2 Å². The van der Waals surface area contributed by atoms with Gasteiger partial charge in [0.2, 0.25) is 5.91 Å². The van der Waals surface area contributed by atoms with Gasteiger partial charge < -0.3 is 10.1 Å². The van der Waals surface area contributed by atoms with Gasteiger partial charge in [-0.05, 0) is 48.1 Å². The highest BCUT2D eigenvalue weighted by Gasteiger charge is 2.26. The molecule has 0 aliphatic carbocycles. The second-order valence-electron chi connectivity index (χ2n) is 8.91. The highest BCUT2D eigenvalue weighted by atomic mass is 16.5. The first-order chi connectivity index (χ1) is 15.0. The molecule has 166 valence electrons. The minimum atomic E-state index is -0.135. The van der Waals surface area contributed by atoms with Gasteiger partial charge >= 0.3 is 0 Å². The first-order valence-corrected chi connectivity index (χ1v) is 11.7. The summed E-state index contributed by atoms with van der Waals surface area (Å²) in [5.41, 5.74) is 4.85. The number of hydrogen-bond acceptors (Lipinski definition) is 4. The van der Waals surface area contributed by atoms with Gasteiger partial charge in [-0.15, -0.1) is 0 Å². The molecule has 5 nitrogen and oxygen atoms in total. The molecule has 0 bridgehead atoms. The van der Waals surface area contributed by atoms with Crippen molar-refractivity contribution in [2.24, 2.45) is 0 Å². The molecule has 1 saturated heterocycles. The second-order valence-corrected chi connectivity index (χ2v) is 8.91. The van der Waals surface area contributed by atoms with Crippen LogP contribution in [-0.2, 0) is 17.8 Å². The zero-order valence-corrected chi connectivity index (χ0v) is 19.1. The molecule has 4 rings (SSSR count). The lowest BCUT2D eigenvalue weighted by Crippen LogP contribution is -2.52. The zero-order chi connectivity index (χ0) is 21.8. The third-order valence-electron chi connectivity index (χ3n) is 6.86. The summed E-state index contributed by atoms with van der Waals surface area (Å²) in [5, 5.41) is 3.19. The largest absolute Gasteiger partial charge is 0.493 e. The van der Waals surface area contributed by atoms with Crippen molar-refractivity contribution in [3.8, 4) is 5.75 Å². The Morgan fingerprint density at radius 1 is 1.10 bits per heavy atom. The predicted molar refractivity (Wildman–Crippen MR) is 126 cm³/mol. The van der Waals surface area contributed by atoms with Crippen LogP contribution in [0.25, 0.3) is 0 Å². The van der Waals surface area contributed by atoms with E-state index in [-0.39, 0.29) is 11.9 Å². The van der Waals surface area contributed by atoms with Crippen molar-refractivity contribution in [2.45, 2.75) is 52.1 Å². The van der Waals surface area contributed by atoms with E-state index in [1.54, 1.807) is 0 Å². The van der Waals surface area contributed by atoms with Crippen molar-refractivity contribution in [1.29, 1.82) is 0 Å². The van der Waals surface area contributed by atoms with E-state index in [2.05, 4.69) is 53.2 Å². The third kappa shape index (κ3) is 5.10. The van der Waals surface area contributed by atoms with Crippen LogP contribution in [-0.4, -0.2) is 54.5 Å². The van der Waals surface area contributed by atoms with E-state index in [0.717, 1.165) is 63.6 Å². The number of para-hydroxylation sites is 1. The van der Waals surface area contributed by atoms with Crippen LogP contribution >= 0.6 is 0 Å². The molecule has 0 spiro atoms. The van der Waals surface area contributed by atoms with Crippen LogP contribution in [0.1, 0.15) is 49.8 Å². The molecule has 1 fully saturated rings. The molecule has 5 heteroatoms. The standard InChI is InChI=1S/C26H35N3O2/c1-4-19(2)23-7-5-6-8-24(23)27-26(30)20(3)29-14-12-28(13-15-29)18-21-9-10-25-22(17-21)11-16-31-25/h5-10,17,19-20H,4,11-16,18H2,1-3H3,(H,27,30)/t19-,20-/m0/s1. The summed E-state index contributed by atoms with van der Waals surface area (Å²) < 4.78 is 5.62. The molecule has 2 heterocycles. The van der Waals surface area contributed by atoms with Gasteiger partial charge in [-0.25, -0.2) is 0 Å². The lowest BCUT2D eigenvalue weighted by molar-refractivity contribution is -0.121. The average molecular weight is 422 g/mol. The van der Waals surface area contributed by atoms with Gasteiger partial charge in [0, 0.05) is 44.8 Å². The minimum absolute atomic E-state index is 0.0859. The number of carbonyl (C=O) groups excluding carboxylic acids is 1. The van der Waals surface area contributed by atoms with Gasteiger partial charge in [0.15, 0.2) is 0 Å². The van der Waals surface area contributed by atoms with Crippen molar-refractivity contribution >= 4 is 11.6 Å². The summed E-state index contributed by atoms with van der Waals surface area (Å²) in [6.07, 6.45) is 2.07. The Bertz CT molecular complexity index is 905. The maximum absolute atomic E-state index is 13.0. The molecule has 2 aromatic carbocycles. The quantitative estimate of drug-likeness (QED) is 0.725. The van der Waals surface area contributed by atoms with E-state index in [9.17, 15) is 4.79 Å². The number of benzene rings is 2. The van der Waals surface area contributed by atoms with Crippen LogP contribution in [0.2, 0.25) is 0 Å². The van der Waals surface area contributed by atoms with Gasteiger partial charge in [0.1, 0.15) is 5.75 Å². The Morgan fingerprint density at radius 2 is 1.87 bits per heavy atom. The Hall–Kier alpha value is -2.37. The number of hydrogen-bond donors (Lipinski definition) is 1. The van der Waals surface area contributed by atoms with Crippen LogP contribution in [0.15, 0.2) is 42.5 Å². The van der Waals surface area contributed by atoms with Crippen LogP contribution in [0, 0.1) is 0 Å². The molecule has 0 radical (unpaired) electrons. The number of rotatable bonds is 7. The lowest BCUT2D eigenvalue weighted by Gasteiger charge is -2.37. The van der Waals surface area contributed by atoms with Crippen LogP contribution in [0.5, 0.6) is 5.75 Å². The molecule has 1 amide bonds. The predicted octanol–water partition coefficient (Wildman–Crippen LogP) is 4.28. The van der Waals surface area contributed by atoms with E-state index >= 15 is 0 Å². The fraction of sp³-hybridized carbons (Fsp3) is 0.500. The van der Waals surface area contributed by atoms with Crippen LogP contribution in [0.4, 0.5) is 5.69 Å². The Labute approximate surface area is 186 Å². The van der Waals surface area contributed by atoms with Gasteiger partial charge in [0.25, 0.3) is 0 Å². The van der Waals surface area contributed by atoms with Gasteiger partial charge in [-0.3, -0.25) is 14.6 Å². The van der Waals surface area contributed by atoms with Crippen molar-refractivity contribution < 1.29 is 9.53 Å². The number of nitrogens with one attached hydrogen (secondary N) is 1. The summed E-state index contributed by atoms with van der Waals surface area (Å²) in [4.78, 5) is 17.8. The SMILES string of the molecule is CC[C@H](C)c1ccccc1NC(=O)[C@H](C)N1CCN(Cc2ccc3c(c2)CCO3)CC1. The molecule has 0 aromatic heterocycles. The van der Waals surface area contributed by atoms with Crippen molar-refractivity contribution in [2.75, 3.05) is 38.1 Å². The molecule has 1 N–H and O–H groups in total. The summed E-state index contributed by atoms with van der Waals surface area (Å²) >= 11 is 0. The van der Waals surface area contributed by atoms with E-state index in [0.29, 0.717) is 5.92 Å². The Balaban J connectivity index is 1.30. The zero-order valence-electron chi connectivity index (χ0n) is 19.1. The van der Waals surface area contributed by atoms with Crippen LogP contribution < -0.4 is 10.1 Å². The monoisotopic (exact) mass is 421 g/mol. The number of nitrogens with zero attached hydrogens (tertiary/aromatic N) is 2. The lowest BCUT2D eigenvalue weighted by atomic mass is 9.97. The second kappa shape index (κ2) is 9.84. The summed E-state index contributed by atoms with van der Waals surface area (Å²) in [6.45, 7) is 12.0. The number of carbonyl (C=O) groups is 1. The number of amides is 1. The molecular weight excluding hydrogens is 386 g/mol. The fourth-order valence-electron chi connectivity index (χ4n) is 4.57. The molecule has 0 saturated carbocycles. The van der Waals surface area contributed by atoms with E-state index < -0.39 is 0 Å². The smallest absolute Gasteiger partial charge is 0.241 e. The fourth-order valence-corrected chi connectivity index (χ4v) is 4.57. The molecular formula is C26H35N3O2. The first kappa shape index (κ1) is 21.8. The normalized spacial score (nSPS) is 18.8.